The molecule has 1 aromatic heterocycles. The van der Waals surface area contributed by atoms with Crippen LogP contribution >= 0.6 is 11.6 Å². The third kappa shape index (κ3) is 2.39. The Kier molecular flexibility index (Phi) is 3.40. The molecule has 0 spiro atoms. The second kappa shape index (κ2) is 5.21. The first-order chi connectivity index (χ1) is 9.67. The summed E-state index contributed by atoms with van der Waals surface area (Å²) in [5.74, 6) is 0.294. The van der Waals surface area contributed by atoms with Crippen LogP contribution in [0.25, 0.3) is 11.0 Å². The average Bonchev–Trinajstić information content (AvgIpc) is 2.78. The van der Waals surface area contributed by atoms with Gasteiger partial charge < -0.3 is 4.57 Å². The van der Waals surface area contributed by atoms with Crippen LogP contribution in [-0.4, -0.2) is 9.55 Å². The fourth-order valence-corrected chi connectivity index (χ4v) is 2.41. The molecule has 0 bridgehead atoms. The molecule has 0 radical (unpaired) electrons. The second-order valence-electron chi connectivity index (χ2n) is 4.51. The van der Waals surface area contributed by atoms with Gasteiger partial charge in [-0.1, -0.05) is 12.1 Å². The molecule has 0 fully saturated rings. The van der Waals surface area contributed by atoms with Gasteiger partial charge in [-0.2, -0.15) is 0 Å². The molecule has 102 valence electrons. The summed E-state index contributed by atoms with van der Waals surface area (Å²) >= 11 is 5.90. The van der Waals surface area contributed by atoms with Gasteiger partial charge in [-0.15, -0.1) is 11.6 Å². The lowest BCUT2D eigenvalue weighted by molar-refractivity contribution is 0.626. The minimum atomic E-state index is -0.329. The Morgan fingerprint density at radius 3 is 2.40 bits per heavy atom. The molecule has 1 heterocycles. The molecule has 0 saturated carbocycles. The number of rotatable bonds is 3. The molecule has 0 amide bonds. The van der Waals surface area contributed by atoms with Crippen LogP contribution in [0.4, 0.5) is 8.78 Å². The molecule has 0 aliphatic heterocycles. The third-order valence-corrected chi connectivity index (χ3v) is 3.40. The Morgan fingerprint density at radius 1 is 1.00 bits per heavy atom. The number of benzene rings is 2. The van der Waals surface area contributed by atoms with E-state index in [4.69, 9.17) is 11.6 Å². The van der Waals surface area contributed by atoms with Gasteiger partial charge in [0.2, 0.25) is 0 Å². The maximum absolute atomic E-state index is 13.2. The fourth-order valence-electron chi connectivity index (χ4n) is 2.20. The van der Waals surface area contributed by atoms with Crippen molar-refractivity contribution in [2.75, 3.05) is 0 Å². The van der Waals surface area contributed by atoms with Crippen LogP contribution in [0, 0.1) is 11.6 Å². The van der Waals surface area contributed by atoms with Crippen LogP contribution in [-0.2, 0) is 12.4 Å². The van der Waals surface area contributed by atoms with Gasteiger partial charge in [0.1, 0.15) is 17.5 Å². The first-order valence-electron chi connectivity index (χ1n) is 6.12. The summed E-state index contributed by atoms with van der Waals surface area (Å²) < 4.78 is 28.1. The molecule has 2 nitrogen and oxygen atoms in total. The van der Waals surface area contributed by atoms with Gasteiger partial charge in [-0.25, -0.2) is 13.8 Å². The highest BCUT2D eigenvalue weighted by molar-refractivity contribution is 6.16. The Balaban J connectivity index is 2.07. The van der Waals surface area contributed by atoms with Gasteiger partial charge in [-0.3, -0.25) is 0 Å². The molecule has 3 rings (SSSR count). The van der Waals surface area contributed by atoms with Crippen LogP contribution in [0.3, 0.4) is 0 Å². The van der Waals surface area contributed by atoms with E-state index in [1.165, 1.54) is 24.3 Å². The van der Waals surface area contributed by atoms with Crippen molar-refractivity contribution in [1.29, 1.82) is 0 Å². The summed E-state index contributed by atoms with van der Waals surface area (Å²) in [6.07, 6.45) is 0. The van der Waals surface area contributed by atoms with Crippen molar-refractivity contribution in [2.45, 2.75) is 12.4 Å². The zero-order chi connectivity index (χ0) is 14.1. The third-order valence-electron chi connectivity index (χ3n) is 3.16. The van der Waals surface area contributed by atoms with E-state index in [1.54, 1.807) is 18.2 Å². The molecule has 0 aliphatic carbocycles. The minimum Gasteiger partial charge on any atom is -0.322 e. The zero-order valence-corrected chi connectivity index (χ0v) is 11.2. The number of halogens is 3. The van der Waals surface area contributed by atoms with Gasteiger partial charge in [0.15, 0.2) is 0 Å². The summed E-state index contributed by atoms with van der Waals surface area (Å²) in [7, 11) is 0. The summed E-state index contributed by atoms with van der Waals surface area (Å²) in [4.78, 5) is 4.32. The SMILES string of the molecule is Fc1ccc(Cn2c(CCl)nc3cc(F)ccc32)cc1. The molecule has 3 aromatic rings. The average molecular weight is 293 g/mol. The highest BCUT2D eigenvalue weighted by Gasteiger charge is 2.11. The Morgan fingerprint density at radius 2 is 1.70 bits per heavy atom. The Labute approximate surface area is 119 Å². The van der Waals surface area contributed by atoms with E-state index in [-0.39, 0.29) is 17.5 Å². The highest BCUT2D eigenvalue weighted by Crippen LogP contribution is 2.20. The van der Waals surface area contributed by atoms with Crippen LogP contribution in [0.5, 0.6) is 0 Å². The highest BCUT2D eigenvalue weighted by atomic mass is 35.5. The number of fused-ring (bicyclic) bond motifs is 1. The van der Waals surface area contributed by atoms with Gasteiger partial charge in [0, 0.05) is 12.6 Å². The quantitative estimate of drug-likeness (QED) is 0.665. The van der Waals surface area contributed by atoms with Gasteiger partial charge in [-0.05, 0) is 29.8 Å². The van der Waals surface area contributed by atoms with Crippen molar-refractivity contribution in [3.63, 3.8) is 0 Å². The van der Waals surface area contributed by atoms with E-state index in [9.17, 15) is 8.78 Å². The lowest BCUT2D eigenvalue weighted by atomic mass is 10.2. The Hall–Kier alpha value is -1.94. The van der Waals surface area contributed by atoms with E-state index < -0.39 is 0 Å². The zero-order valence-electron chi connectivity index (χ0n) is 10.5. The number of hydrogen-bond acceptors (Lipinski definition) is 1. The van der Waals surface area contributed by atoms with E-state index in [2.05, 4.69) is 4.98 Å². The standard InChI is InChI=1S/C15H11ClF2N2/c16-8-15-19-13-7-12(18)5-6-14(13)20(15)9-10-1-3-11(17)4-2-10/h1-7H,8-9H2. The van der Waals surface area contributed by atoms with Gasteiger partial charge in [0.05, 0.1) is 16.9 Å². The topological polar surface area (TPSA) is 17.8 Å². The van der Waals surface area contributed by atoms with E-state index in [0.717, 1.165) is 11.1 Å². The predicted octanol–water partition coefficient (Wildman–Crippen LogP) is 4.10. The maximum atomic E-state index is 13.2. The van der Waals surface area contributed by atoms with Gasteiger partial charge in [0.25, 0.3) is 0 Å². The van der Waals surface area contributed by atoms with Crippen LogP contribution in [0.1, 0.15) is 11.4 Å². The van der Waals surface area contributed by atoms with E-state index >= 15 is 0 Å². The summed E-state index contributed by atoms with van der Waals surface area (Å²) in [6, 6.07) is 10.7. The molecule has 0 atom stereocenters. The van der Waals surface area contributed by atoms with Gasteiger partial charge >= 0.3 is 0 Å². The maximum Gasteiger partial charge on any atom is 0.125 e. The first-order valence-corrected chi connectivity index (χ1v) is 6.66. The lowest BCUT2D eigenvalue weighted by Crippen LogP contribution is -2.03. The first kappa shape index (κ1) is 13.1. The molecule has 5 heteroatoms. The number of alkyl halides is 1. The minimum absolute atomic E-state index is 0.234. The predicted molar refractivity (Wildman–Crippen MR) is 74.8 cm³/mol. The lowest BCUT2D eigenvalue weighted by Gasteiger charge is -2.08. The molecule has 0 N–H and O–H groups in total. The molecular weight excluding hydrogens is 282 g/mol. The Bertz CT molecular complexity index is 750. The largest absolute Gasteiger partial charge is 0.322 e. The van der Waals surface area contributed by atoms with Crippen molar-refractivity contribution in [3.8, 4) is 0 Å². The normalized spacial score (nSPS) is 11.2. The van der Waals surface area contributed by atoms with Crippen LogP contribution in [0.15, 0.2) is 42.5 Å². The van der Waals surface area contributed by atoms with Crippen molar-refractivity contribution in [1.82, 2.24) is 9.55 Å². The summed E-state index contributed by atoms with van der Waals surface area (Å²) in [6.45, 7) is 0.518. The smallest absolute Gasteiger partial charge is 0.125 e. The number of hydrogen-bond donors (Lipinski definition) is 0. The van der Waals surface area contributed by atoms with Crippen molar-refractivity contribution < 1.29 is 8.78 Å². The second-order valence-corrected chi connectivity index (χ2v) is 4.77. The monoisotopic (exact) mass is 292 g/mol. The number of aromatic nitrogens is 2. The molecular formula is C15H11ClF2N2. The number of nitrogens with zero attached hydrogens (tertiary/aromatic N) is 2. The summed E-state index contributed by atoms with van der Waals surface area (Å²) in [5, 5.41) is 0. The molecule has 0 aliphatic rings. The van der Waals surface area contributed by atoms with E-state index in [1.807, 2.05) is 4.57 Å². The van der Waals surface area contributed by atoms with Crippen LogP contribution in [0.2, 0.25) is 0 Å². The molecule has 0 unspecified atom stereocenters. The van der Waals surface area contributed by atoms with Crippen LogP contribution < -0.4 is 0 Å². The van der Waals surface area contributed by atoms with Crippen molar-refractivity contribution in [2.24, 2.45) is 0 Å². The molecule has 20 heavy (non-hydrogen) atoms. The van der Waals surface area contributed by atoms with Crippen molar-refractivity contribution in [3.05, 3.63) is 65.5 Å². The number of imidazole rings is 1. The van der Waals surface area contributed by atoms with Crippen molar-refractivity contribution >= 4 is 22.6 Å². The van der Waals surface area contributed by atoms with E-state index in [0.29, 0.717) is 17.9 Å². The molecule has 0 saturated heterocycles. The summed E-state index contributed by atoms with van der Waals surface area (Å²) in [5.41, 5.74) is 2.32. The molecule has 2 aromatic carbocycles. The fraction of sp³-hybridized carbons (Fsp3) is 0.133.